The Labute approximate surface area is 181 Å². The van der Waals surface area contributed by atoms with Crippen LogP contribution in [-0.4, -0.2) is 27.3 Å². The molecule has 0 spiro atoms. The number of nitrogens with zero attached hydrogens (tertiary/aromatic N) is 2. The maximum absolute atomic E-state index is 12.9. The number of hydrogen-bond acceptors (Lipinski definition) is 4. The van der Waals surface area contributed by atoms with Crippen molar-refractivity contribution in [2.45, 2.75) is 20.0 Å². The molecule has 0 aliphatic carbocycles. The van der Waals surface area contributed by atoms with Gasteiger partial charge >= 0.3 is 5.97 Å². The van der Waals surface area contributed by atoms with E-state index in [0.717, 1.165) is 3.57 Å². The minimum atomic E-state index is -1.07. The first-order valence-corrected chi connectivity index (χ1v) is 9.99. The van der Waals surface area contributed by atoms with Crippen LogP contribution in [0.5, 0.6) is 0 Å². The lowest BCUT2D eigenvalue weighted by Gasteiger charge is -2.13. The Bertz CT molecular complexity index is 1120. The Morgan fingerprint density at radius 3 is 2.45 bits per heavy atom. The van der Waals surface area contributed by atoms with Gasteiger partial charge in [-0.25, -0.2) is 9.48 Å². The zero-order chi connectivity index (χ0) is 21.1. The maximum atomic E-state index is 12.9. The summed E-state index contributed by atoms with van der Waals surface area (Å²) in [6, 6.07) is 16.0. The summed E-state index contributed by atoms with van der Waals surface area (Å²) in [5, 5.41) is 2.61. The van der Waals surface area contributed by atoms with E-state index in [4.69, 9.17) is 4.74 Å². The van der Waals surface area contributed by atoms with E-state index in [1.54, 1.807) is 49.0 Å². The number of amides is 1. The Kier molecular flexibility index (Phi) is 6.21. The first kappa shape index (κ1) is 20.8. The van der Waals surface area contributed by atoms with Gasteiger partial charge in [0.2, 0.25) is 0 Å². The van der Waals surface area contributed by atoms with E-state index in [0.29, 0.717) is 16.9 Å². The predicted octanol–water partition coefficient (Wildman–Crippen LogP) is 3.27. The smallest absolute Gasteiger partial charge is 0.338 e. The molecule has 1 heterocycles. The molecule has 29 heavy (non-hydrogen) atoms. The number of esters is 1. The Morgan fingerprint density at radius 1 is 1.10 bits per heavy atom. The maximum Gasteiger partial charge on any atom is 0.338 e. The lowest BCUT2D eigenvalue weighted by molar-refractivity contribution is -0.123. The molecule has 7 nitrogen and oxygen atoms in total. The van der Waals surface area contributed by atoms with E-state index in [2.05, 4.69) is 27.9 Å². The number of ether oxygens (including phenoxy) is 1. The van der Waals surface area contributed by atoms with E-state index in [1.807, 2.05) is 24.3 Å². The van der Waals surface area contributed by atoms with Crippen molar-refractivity contribution in [1.29, 1.82) is 0 Å². The summed E-state index contributed by atoms with van der Waals surface area (Å²) in [7, 11) is 1.74. The molecular weight excluding hydrogens is 485 g/mol. The largest absolute Gasteiger partial charge is 0.449 e. The number of hydrogen-bond donors (Lipinski definition) is 1. The zero-order valence-electron chi connectivity index (χ0n) is 16.2. The van der Waals surface area contributed by atoms with E-state index >= 15 is 0 Å². The standard InChI is InChI=1S/C21H20IN3O4/c1-13-18(20(27)25(24(13)3)17-10-5-4-6-11-17)23-19(26)14(2)29-21(28)15-8-7-9-16(22)12-15/h4-12,14H,1-3H3,(H,23,26). The van der Waals surface area contributed by atoms with Gasteiger partial charge in [-0.3, -0.25) is 14.3 Å². The molecule has 0 fully saturated rings. The number of nitrogens with one attached hydrogen (secondary N) is 1. The van der Waals surface area contributed by atoms with Crippen molar-refractivity contribution in [2.24, 2.45) is 7.05 Å². The van der Waals surface area contributed by atoms with Crippen LogP contribution < -0.4 is 10.9 Å². The SMILES string of the molecule is Cc1c(NC(=O)C(C)OC(=O)c2cccc(I)c2)c(=O)n(-c2ccccc2)n1C. The van der Waals surface area contributed by atoms with Gasteiger partial charge in [0.1, 0.15) is 5.69 Å². The highest BCUT2D eigenvalue weighted by atomic mass is 127. The summed E-state index contributed by atoms with van der Waals surface area (Å²) < 4.78 is 9.27. The monoisotopic (exact) mass is 505 g/mol. The third-order valence-corrected chi connectivity index (χ3v) is 5.19. The summed E-state index contributed by atoms with van der Waals surface area (Å²) in [6.07, 6.45) is -1.07. The van der Waals surface area contributed by atoms with Crippen LogP contribution in [0.1, 0.15) is 23.0 Å². The van der Waals surface area contributed by atoms with Crippen molar-refractivity contribution in [1.82, 2.24) is 9.36 Å². The molecular formula is C21H20IN3O4. The van der Waals surface area contributed by atoms with E-state index in [-0.39, 0.29) is 11.2 Å². The lowest BCUT2D eigenvalue weighted by atomic mass is 10.2. The number of halogens is 1. The van der Waals surface area contributed by atoms with Crippen LogP contribution in [0.15, 0.2) is 59.4 Å². The molecule has 0 bridgehead atoms. The number of benzene rings is 2. The van der Waals surface area contributed by atoms with Crippen molar-refractivity contribution >= 4 is 40.2 Å². The number of para-hydroxylation sites is 1. The van der Waals surface area contributed by atoms with Gasteiger partial charge in [-0.15, -0.1) is 0 Å². The quantitative estimate of drug-likeness (QED) is 0.427. The third kappa shape index (κ3) is 4.42. The Balaban J connectivity index is 1.79. The zero-order valence-corrected chi connectivity index (χ0v) is 18.3. The fourth-order valence-corrected chi connectivity index (χ4v) is 3.38. The molecule has 1 N–H and O–H groups in total. The Hall–Kier alpha value is -2.88. The Morgan fingerprint density at radius 2 is 1.79 bits per heavy atom. The molecule has 8 heteroatoms. The molecule has 3 rings (SSSR count). The van der Waals surface area contributed by atoms with Gasteiger partial charge in [-0.2, -0.15) is 0 Å². The number of aromatic nitrogens is 2. The van der Waals surface area contributed by atoms with Gasteiger partial charge in [0.25, 0.3) is 11.5 Å². The van der Waals surface area contributed by atoms with Gasteiger partial charge in [0.05, 0.1) is 16.9 Å². The van der Waals surface area contributed by atoms with E-state index < -0.39 is 18.0 Å². The minimum Gasteiger partial charge on any atom is -0.449 e. The normalized spacial score (nSPS) is 11.7. The minimum absolute atomic E-state index is 0.151. The first-order valence-electron chi connectivity index (χ1n) is 8.91. The first-order chi connectivity index (χ1) is 13.8. The molecule has 2 aromatic carbocycles. The van der Waals surface area contributed by atoms with Gasteiger partial charge in [-0.1, -0.05) is 24.3 Å². The summed E-state index contributed by atoms with van der Waals surface area (Å²) in [4.78, 5) is 37.7. The molecule has 1 atom stereocenters. The van der Waals surface area contributed by atoms with Crippen LogP contribution in [0.25, 0.3) is 5.69 Å². The van der Waals surface area contributed by atoms with E-state index in [9.17, 15) is 14.4 Å². The van der Waals surface area contributed by atoms with Crippen LogP contribution in [0.3, 0.4) is 0 Å². The molecule has 150 valence electrons. The van der Waals surface area contributed by atoms with Crippen LogP contribution in [0, 0.1) is 10.5 Å². The summed E-state index contributed by atoms with van der Waals surface area (Å²) in [5.74, 6) is -1.17. The molecule has 0 saturated carbocycles. The lowest BCUT2D eigenvalue weighted by Crippen LogP contribution is -2.32. The van der Waals surface area contributed by atoms with Crippen LogP contribution in [-0.2, 0) is 16.6 Å². The second-order valence-corrected chi connectivity index (χ2v) is 7.73. The van der Waals surface area contributed by atoms with Crippen molar-refractivity contribution in [2.75, 3.05) is 5.32 Å². The van der Waals surface area contributed by atoms with Gasteiger partial charge in [-0.05, 0) is 66.8 Å². The molecule has 1 amide bonds. The highest BCUT2D eigenvalue weighted by Gasteiger charge is 2.23. The fraction of sp³-hybridized carbons (Fsp3) is 0.190. The second kappa shape index (κ2) is 8.64. The molecule has 0 radical (unpaired) electrons. The van der Waals surface area contributed by atoms with Gasteiger partial charge < -0.3 is 10.1 Å². The highest BCUT2D eigenvalue weighted by Crippen LogP contribution is 2.15. The number of carbonyl (C=O) groups excluding carboxylic acids is 2. The average Bonchev–Trinajstić information content (AvgIpc) is 2.91. The molecule has 3 aromatic rings. The van der Waals surface area contributed by atoms with Crippen molar-refractivity contribution in [3.8, 4) is 5.69 Å². The van der Waals surface area contributed by atoms with Gasteiger partial charge in [0.15, 0.2) is 6.10 Å². The topological polar surface area (TPSA) is 82.3 Å². The van der Waals surface area contributed by atoms with Crippen LogP contribution >= 0.6 is 22.6 Å². The van der Waals surface area contributed by atoms with E-state index in [1.165, 1.54) is 11.6 Å². The third-order valence-electron chi connectivity index (χ3n) is 4.52. The van der Waals surface area contributed by atoms with Crippen LogP contribution in [0.2, 0.25) is 0 Å². The number of anilines is 1. The fourth-order valence-electron chi connectivity index (χ4n) is 2.83. The molecule has 0 saturated heterocycles. The summed E-state index contributed by atoms with van der Waals surface area (Å²) in [6.45, 7) is 3.20. The predicted molar refractivity (Wildman–Crippen MR) is 118 cm³/mol. The highest BCUT2D eigenvalue weighted by molar-refractivity contribution is 14.1. The molecule has 0 aliphatic heterocycles. The van der Waals surface area contributed by atoms with Gasteiger partial charge in [0, 0.05) is 10.6 Å². The average molecular weight is 505 g/mol. The second-order valence-electron chi connectivity index (χ2n) is 6.48. The summed E-state index contributed by atoms with van der Waals surface area (Å²) >= 11 is 2.09. The van der Waals surface area contributed by atoms with Crippen molar-refractivity contribution in [3.63, 3.8) is 0 Å². The van der Waals surface area contributed by atoms with Crippen molar-refractivity contribution < 1.29 is 14.3 Å². The molecule has 1 unspecified atom stereocenters. The molecule has 0 aliphatic rings. The van der Waals surface area contributed by atoms with Crippen LogP contribution in [0.4, 0.5) is 5.69 Å². The molecule has 1 aromatic heterocycles. The number of rotatable bonds is 5. The number of carbonyl (C=O) groups is 2. The summed E-state index contributed by atoms with van der Waals surface area (Å²) in [5.41, 5.74) is 1.42. The van der Waals surface area contributed by atoms with Crippen molar-refractivity contribution in [3.05, 3.63) is 79.8 Å².